The van der Waals surface area contributed by atoms with Crippen LogP contribution < -0.4 is 0 Å². The molecular formula is C18H19FN2. The zero-order valence-corrected chi connectivity index (χ0v) is 12.5. The van der Waals surface area contributed by atoms with Crippen LogP contribution in [0.1, 0.15) is 43.0 Å². The van der Waals surface area contributed by atoms with Crippen molar-refractivity contribution in [3.05, 3.63) is 65.5 Å². The second-order valence-electron chi connectivity index (χ2n) is 5.70. The minimum absolute atomic E-state index is 0.163. The average molecular weight is 282 g/mol. The lowest BCUT2D eigenvalue weighted by Crippen LogP contribution is -2.09. The summed E-state index contributed by atoms with van der Waals surface area (Å²) in [5, 5.41) is 0. The summed E-state index contributed by atoms with van der Waals surface area (Å²) in [6.07, 6.45) is -1.21. The molecule has 3 heteroatoms. The number of aryl methyl sites for hydroxylation is 1. The molecule has 0 N–H and O–H groups in total. The quantitative estimate of drug-likeness (QED) is 0.662. The standard InChI is InChI=1S/C18H19FN2/c1-12(2)21-16-7-5-4-6-15(16)20-18(21)17(19)14-10-8-13(3)9-11-14/h4-12,17H,1-3H3. The number of hydrogen-bond donors (Lipinski definition) is 0. The highest BCUT2D eigenvalue weighted by Gasteiger charge is 2.22. The molecule has 1 heterocycles. The van der Waals surface area contributed by atoms with Gasteiger partial charge in [-0.15, -0.1) is 0 Å². The van der Waals surface area contributed by atoms with Crippen LogP contribution in [0.2, 0.25) is 0 Å². The van der Waals surface area contributed by atoms with Crippen molar-refractivity contribution in [1.29, 1.82) is 0 Å². The lowest BCUT2D eigenvalue weighted by atomic mass is 10.1. The Morgan fingerprint density at radius 3 is 2.33 bits per heavy atom. The molecule has 0 radical (unpaired) electrons. The predicted molar refractivity (Wildman–Crippen MR) is 84.2 cm³/mol. The van der Waals surface area contributed by atoms with Crippen LogP contribution in [0.25, 0.3) is 11.0 Å². The van der Waals surface area contributed by atoms with Crippen molar-refractivity contribution in [3.8, 4) is 0 Å². The van der Waals surface area contributed by atoms with Gasteiger partial charge in [0.2, 0.25) is 0 Å². The fourth-order valence-electron chi connectivity index (χ4n) is 2.67. The van der Waals surface area contributed by atoms with E-state index in [1.165, 1.54) is 0 Å². The van der Waals surface area contributed by atoms with Crippen molar-refractivity contribution in [2.45, 2.75) is 33.0 Å². The van der Waals surface area contributed by atoms with Crippen LogP contribution in [0.3, 0.4) is 0 Å². The lowest BCUT2D eigenvalue weighted by molar-refractivity contribution is 0.365. The monoisotopic (exact) mass is 282 g/mol. The summed E-state index contributed by atoms with van der Waals surface area (Å²) in [5.74, 6) is 0.482. The van der Waals surface area contributed by atoms with Gasteiger partial charge in [-0.2, -0.15) is 0 Å². The van der Waals surface area contributed by atoms with E-state index in [1.807, 2.05) is 60.0 Å². The Labute approximate surface area is 124 Å². The van der Waals surface area contributed by atoms with E-state index in [9.17, 15) is 4.39 Å². The highest BCUT2D eigenvalue weighted by molar-refractivity contribution is 5.76. The summed E-state index contributed by atoms with van der Waals surface area (Å²) in [7, 11) is 0. The molecule has 0 bridgehead atoms. The highest BCUT2D eigenvalue weighted by Crippen LogP contribution is 2.31. The molecule has 1 atom stereocenters. The van der Waals surface area contributed by atoms with Gasteiger partial charge in [0.15, 0.2) is 6.17 Å². The molecule has 21 heavy (non-hydrogen) atoms. The SMILES string of the molecule is Cc1ccc(C(F)c2nc3ccccc3n2C(C)C)cc1. The number of nitrogens with zero attached hydrogens (tertiary/aromatic N) is 2. The van der Waals surface area contributed by atoms with Gasteiger partial charge in [0.25, 0.3) is 0 Å². The van der Waals surface area contributed by atoms with Gasteiger partial charge < -0.3 is 4.57 Å². The summed E-state index contributed by atoms with van der Waals surface area (Å²) in [6.45, 7) is 6.11. The molecule has 1 unspecified atom stereocenters. The van der Waals surface area contributed by atoms with Crippen molar-refractivity contribution in [2.75, 3.05) is 0 Å². The Hall–Kier alpha value is -2.16. The van der Waals surface area contributed by atoms with Crippen molar-refractivity contribution in [2.24, 2.45) is 0 Å². The first-order valence-corrected chi connectivity index (χ1v) is 7.25. The van der Waals surface area contributed by atoms with Gasteiger partial charge in [-0.25, -0.2) is 9.37 Å². The van der Waals surface area contributed by atoms with E-state index in [0.717, 1.165) is 16.6 Å². The number of para-hydroxylation sites is 2. The molecular weight excluding hydrogens is 263 g/mol. The van der Waals surface area contributed by atoms with Crippen molar-refractivity contribution in [3.63, 3.8) is 0 Å². The van der Waals surface area contributed by atoms with Gasteiger partial charge in [0.1, 0.15) is 5.82 Å². The third-order valence-corrected chi connectivity index (χ3v) is 3.74. The molecule has 1 aromatic heterocycles. The van der Waals surface area contributed by atoms with Crippen molar-refractivity contribution >= 4 is 11.0 Å². The Bertz CT molecular complexity index is 756. The van der Waals surface area contributed by atoms with Gasteiger partial charge in [0, 0.05) is 6.04 Å². The highest BCUT2D eigenvalue weighted by atomic mass is 19.1. The zero-order chi connectivity index (χ0) is 15.0. The molecule has 108 valence electrons. The second-order valence-corrected chi connectivity index (χ2v) is 5.70. The molecule has 0 aliphatic carbocycles. The normalized spacial score (nSPS) is 13.0. The van der Waals surface area contributed by atoms with Crippen LogP contribution in [0.5, 0.6) is 0 Å². The Morgan fingerprint density at radius 1 is 1.00 bits per heavy atom. The second kappa shape index (κ2) is 5.32. The van der Waals surface area contributed by atoms with Gasteiger partial charge in [0.05, 0.1) is 11.0 Å². The zero-order valence-electron chi connectivity index (χ0n) is 12.5. The van der Waals surface area contributed by atoms with Crippen molar-refractivity contribution < 1.29 is 4.39 Å². The smallest absolute Gasteiger partial charge is 0.183 e. The van der Waals surface area contributed by atoms with E-state index >= 15 is 0 Å². The molecule has 0 aliphatic heterocycles. The van der Waals surface area contributed by atoms with Gasteiger partial charge in [-0.1, -0.05) is 42.0 Å². The number of aromatic nitrogens is 2. The van der Waals surface area contributed by atoms with Crippen molar-refractivity contribution in [1.82, 2.24) is 9.55 Å². The maximum Gasteiger partial charge on any atom is 0.183 e. The third kappa shape index (κ3) is 2.44. The minimum Gasteiger partial charge on any atom is -0.323 e. The van der Waals surface area contributed by atoms with E-state index in [0.29, 0.717) is 11.4 Å². The van der Waals surface area contributed by atoms with E-state index in [1.54, 1.807) is 0 Å². The minimum atomic E-state index is -1.21. The summed E-state index contributed by atoms with van der Waals surface area (Å²) in [6, 6.07) is 15.5. The first-order valence-electron chi connectivity index (χ1n) is 7.25. The first-order chi connectivity index (χ1) is 10.1. The molecule has 0 saturated carbocycles. The number of fused-ring (bicyclic) bond motifs is 1. The molecule has 0 aliphatic rings. The third-order valence-electron chi connectivity index (χ3n) is 3.74. The van der Waals surface area contributed by atoms with Crippen LogP contribution in [-0.4, -0.2) is 9.55 Å². The largest absolute Gasteiger partial charge is 0.323 e. The fraction of sp³-hybridized carbons (Fsp3) is 0.278. The lowest BCUT2D eigenvalue weighted by Gasteiger charge is -2.16. The molecule has 0 fully saturated rings. The van der Waals surface area contributed by atoms with Gasteiger partial charge >= 0.3 is 0 Å². The Kier molecular flexibility index (Phi) is 3.50. The Morgan fingerprint density at radius 2 is 1.67 bits per heavy atom. The molecule has 0 spiro atoms. The first kappa shape index (κ1) is 13.8. The fourth-order valence-corrected chi connectivity index (χ4v) is 2.67. The number of halogens is 1. The molecule has 2 nitrogen and oxygen atoms in total. The Balaban J connectivity index is 2.14. The maximum atomic E-state index is 15.0. The number of imidazole rings is 1. The van der Waals surface area contributed by atoms with Crippen LogP contribution >= 0.6 is 0 Å². The molecule has 3 rings (SSSR count). The molecule has 2 aromatic carbocycles. The maximum absolute atomic E-state index is 15.0. The average Bonchev–Trinajstić information content (AvgIpc) is 2.86. The van der Waals surface area contributed by atoms with E-state index in [2.05, 4.69) is 18.8 Å². The molecule has 0 amide bonds. The van der Waals surface area contributed by atoms with E-state index in [-0.39, 0.29) is 6.04 Å². The molecule has 3 aromatic rings. The summed E-state index contributed by atoms with van der Waals surface area (Å²) < 4.78 is 17.0. The summed E-state index contributed by atoms with van der Waals surface area (Å²) in [5.41, 5.74) is 3.61. The van der Waals surface area contributed by atoms with E-state index < -0.39 is 6.17 Å². The topological polar surface area (TPSA) is 17.8 Å². The van der Waals surface area contributed by atoms with Crippen LogP contribution in [0.15, 0.2) is 48.5 Å². The number of rotatable bonds is 3. The summed E-state index contributed by atoms with van der Waals surface area (Å²) in [4.78, 5) is 4.52. The summed E-state index contributed by atoms with van der Waals surface area (Å²) >= 11 is 0. The van der Waals surface area contributed by atoms with Gasteiger partial charge in [-0.05, 0) is 38.5 Å². The van der Waals surface area contributed by atoms with Crippen LogP contribution in [0.4, 0.5) is 4.39 Å². The number of benzene rings is 2. The van der Waals surface area contributed by atoms with Crippen LogP contribution in [-0.2, 0) is 0 Å². The van der Waals surface area contributed by atoms with E-state index in [4.69, 9.17) is 0 Å². The predicted octanol–water partition coefficient (Wildman–Crippen LogP) is 4.98. The number of hydrogen-bond acceptors (Lipinski definition) is 1. The van der Waals surface area contributed by atoms with Gasteiger partial charge in [-0.3, -0.25) is 0 Å². The van der Waals surface area contributed by atoms with Crippen LogP contribution in [0, 0.1) is 6.92 Å². The number of alkyl halides is 1. The molecule has 0 saturated heterocycles.